The fourth-order valence-corrected chi connectivity index (χ4v) is 5.41. The van der Waals surface area contributed by atoms with Crippen molar-refractivity contribution in [3.63, 3.8) is 0 Å². The van der Waals surface area contributed by atoms with Gasteiger partial charge in [-0.1, -0.05) is 19.9 Å². The minimum absolute atomic E-state index is 0.101. The first-order chi connectivity index (χ1) is 17.0. The van der Waals surface area contributed by atoms with Gasteiger partial charge >= 0.3 is 6.03 Å². The molecule has 194 valence electrons. The molecule has 0 radical (unpaired) electrons. The fourth-order valence-electron chi connectivity index (χ4n) is 3.95. The van der Waals surface area contributed by atoms with E-state index in [2.05, 4.69) is 10.6 Å². The lowest BCUT2D eigenvalue weighted by atomic mass is 9.91. The van der Waals surface area contributed by atoms with Crippen molar-refractivity contribution >= 4 is 33.6 Å². The van der Waals surface area contributed by atoms with E-state index in [4.69, 9.17) is 9.47 Å². The number of anilines is 1. The second-order valence-electron chi connectivity index (χ2n) is 8.18. The summed E-state index contributed by atoms with van der Waals surface area (Å²) in [5, 5.41) is 5.23. The Hall–Kier alpha value is -3.64. The number of amides is 4. The van der Waals surface area contributed by atoms with Crippen molar-refractivity contribution in [3.05, 3.63) is 48.0 Å². The van der Waals surface area contributed by atoms with Gasteiger partial charge in [-0.05, 0) is 48.9 Å². The third-order valence-electron chi connectivity index (χ3n) is 6.02. The highest BCUT2D eigenvalue weighted by molar-refractivity contribution is 7.89. The van der Waals surface area contributed by atoms with Gasteiger partial charge in [-0.15, -0.1) is 0 Å². The van der Waals surface area contributed by atoms with Crippen LogP contribution >= 0.6 is 0 Å². The average molecular weight is 519 g/mol. The number of benzene rings is 2. The lowest BCUT2D eigenvalue weighted by Gasteiger charge is -2.23. The van der Waals surface area contributed by atoms with Crippen molar-refractivity contribution in [1.82, 2.24) is 14.5 Å². The van der Waals surface area contributed by atoms with Gasteiger partial charge in [0.05, 0.1) is 19.1 Å². The molecule has 4 amide bonds. The molecule has 11 nitrogen and oxygen atoms in total. The number of nitrogens with zero attached hydrogens (tertiary/aromatic N) is 2. The van der Waals surface area contributed by atoms with Crippen molar-refractivity contribution in [2.24, 2.45) is 0 Å². The number of rotatable bonds is 10. The number of ether oxygens (including phenoxy) is 2. The standard InChI is InChI=1S/C24H30N4O7S/c1-6-27(7-2)36(32,33)18-11-9-17(10-12-18)25-21(29)15-28-22(30)24(3,26-23(28)31)16-8-13-19(34-4)20(14-16)35-5/h8-14H,6-7,15H2,1-5H3,(H,25,29)(H,26,31)/t24-/m1/s1. The summed E-state index contributed by atoms with van der Waals surface area (Å²) < 4.78 is 37.1. The first kappa shape index (κ1) is 27.0. The highest BCUT2D eigenvalue weighted by atomic mass is 32.2. The molecule has 2 aromatic rings. The van der Waals surface area contributed by atoms with E-state index in [9.17, 15) is 22.8 Å². The molecule has 12 heteroatoms. The third-order valence-corrected chi connectivity index (χ3v) is 8.08. The molecule has 3 rings (SSSR count). The molecule has 0 saturated carbocycles. The first-order valence-electron chi connectivity index (χ1n) is 11.3. The lowest BCUT2D eigenvalue weighted by molar-refractivity contribution is -0.133. The molecule has 0 aliphatic carbocycles. The van der Waals surface area contributed by atoms with Gasteiger partial charge in [0.15, 0.2) is 11.5 Å². The van der Waals surface area contributed by atoms with Gasteiger partial charge in [0.2, 0.25) is 15.9 Å². The maximum Gasteiger partial charge on any atom is 0.325 e. The Bertz CT molecular complexity index is 1260. The van der Waals surface area contributed by atoms with Crippen LogP contribution in [0.2, 0.25) is 0 Å². The molecule has 2 N–H and O–H groups in total. The minimum atomic E-state index is -3.63. The maximum absolute atomic E-state index is 13.2. The quantitative estimate of drug-likeness (QED) is 0.460. The van der Waals surface area contributed by atoms with Crippen LogP contribution in [0, 0.1) is 0 Å². The van der Waals surface area contributed by atoms with Crippen LogP contribution in [-0.4, -0.2) is 69.3 Å². The summed E-state index contributed by atoms with van der Waals surface area (Å²) in [5.41, 5.74) is -0.614. The smallest absolute Gasteiger partial charge is 0.325 e. The van der Waals surface area contributed by atoms with Crippen LogP contribution in [0.1, 0.15) is 26.3 Å². The largest absolute Gasteiger partial charge is 0.493 e. The van der Waals surface area contributed by atoms with Gasteiger partial charge in [0, 0.05) is 18.8 Å². The second kappa shape index (κ2) is 10.5. The summed E-state index contributed by atoms with van der Waals surface area (Å²) in [6, 6.07) is 9.83. The predicted molar refractivity (Wildman–Crippen MR) is 132 cm³/mol. The Morgan fingerprint density at radius 3 is 2.19 bits per heavy atom. The number of urea groups is 1. The number of hydrogen-bond donors (Lipinski definition) is 2. The molecule has 1 heterocycles. The van der Waals surface area contributed by atoms with Gasteiger partial charge in [-0.3, -0.25) is 14.5 Å². The number of nitrogens with one attached hydrogen (secondary N) is 2. The van der Waals surface area contributed by atoms with Crippen LogP contribution < -0.4 is 20.1 Å². The molecule has 1 fully saturated rings. The molecular weight excluding hydrogens is 488 g/mol. The van der Waals surface area contributed by atoms with E-state index in [1.165, 1.54) is 42.8 Å². The Balaban J connectivity index is 1.72. The molecule has 2 aromatic carbocycles. The van der Waals surface area contributed by atoms with Crippen LogP contribution in [0.3, 0.4) is 0 Å². The highest BCUT2D eigenvalue weighted by Gasteiger charge is 2.49. The first-order valence-corrected chi connectivity index (χ1v) is 12.7. The zero-order chi connectivity index (χ0) is 26.7. The van der Waals surface area contributed by atoms with E-state index in [-0.39, 0.29) is 4.90 Å². The van der Waals surface area contributed by atoms with Crippen molar-refractivity contribution in [1.29, 1.82) is 0 Å². The monoisotopic (exact) mass is 518 g/mol. The summed E-state index contributed by atoms with van der Waals surface area (Å²) in [5.74, 6) is -0.361. The molecule has 0 spiro atoms. The molecule has 1 aliphatic rings. The molecule has 0 aromatic heterocycles. The van der Waals surface area contributed by atoms with Crippen molar-refractivity contribution in [3.8, 4) is 11.5 Å². The SMILES string of the molecule is CCN(CC)S(=O)(=O)c1ccc(NC(=O)CN2C(=O)N[C@](C)(c3ccc(OC)c(OC)c3)C2=O)cc1. The van der Waals surface area contributed by atoms with Crippen molar-refractivity contribution in [2.45, 2.75) is 31.2 Å². The molecule has 1 saturated heterocycles. The second-order valence-corrected chi connectivity index (χ2v) is 10.1. The number of sulfonamides is 1. The van der Waals surface area contributed by atoms with Gasteiger partial charge < -0.3 is 20.1 Å². The van der Waals surface area contributed by atoms with Gasteiger partial charge in [-0.25, -0.2) is 13.2 Å². The molecular formula is C24H30N4O7S. The van der Waals surface area contributed by atoms with Crippen molar-refractivity contribution < 1.29 is 32.3 Å². The number of imide groups is 1. The Morgan fingerprint density at radius 2 is 1.64 bits per heavy atom. The number of carbonyl (C=O) groups excluding carboxylic acids is 3. The fraction of sp³-hybridized carbons (Fsp3) is 0.375. The van der Waals surface area contributed by atoms with E-state index in [1.54, 1.807) is 39.0 Å². The Kier molecular flexibility index (Phi) is 7.89. The van der Waals surface area contributed by atoms with Crippen molar-refractivity contribution in [2.75, 3.05) is 39.2 Å². The Labute approximate surface area is 210 Å². The number of methoxy groups -OCH3 is 2. The van der Waals surface area contributed by atoms with Crippen LogP contribution in [0.15, 0.2) is 47.4 Å². The molecule has 1 aliphatic heterocycles. The minimum Gasteiger partial charge on any atom is -0.493 e. The molecule has 1 atom stereocenters. The summed E-state index contributed by atoms with van der Waals surface area (Å²) in [6.45, 7) is 5.20. The number of hydrogen-bond acceptors (Lipinski definition) is 7. The summed E-state index contributed by atoms with van der Waals surface area (Å²) in [6.07, 6.45) is 0. The van der Waals surface area contributed by atoms with Gasteiger partial charge in [0.25, 0.3) is 5.91 Å². The maximum atomic E-state index is 13.2. The summed E-state index contributed by atoms with van der Waals surface area (Å²) in [4.78, 5) is 39.3. The number of carbonyl (C=O) groups is 3. The third kappa shape index (κ3) is 5.00. The van der Waals surface area contributed by atoms with E-state index in [0.29, 0.717) is 35.8 Å². The predicted octanol–water partition coefficient (Wildman–Crippen LogP) is 2.14. The van der Waals surface area contributed by atoms with Crippen LogP contribution in [-0.2, 0) is 25.2 Å². The summed E-state index contributed by atoms with van der Waals surface area (Å²) in [7, 11) is -0.685. The Morgan fingerprint density at radius 1 is 1.03 bits per heavy atom. The van der Waals surface area contributed by atoms with E-state index >= 15 is 0 Å². The van der Waals surface area contributed by atoms with Crippen LogP contribution in [0.4, 0.5) is 10.5 Å². The van der Waals surface area contributed by atoms with E-state index in [1.807, 2.05) is 0 Å². The molecule has 0 unspecified atom stereocenters. The zero-order valence-electron chi connectivity index (χ0n) is 20.8. The van der Waals surface area contributed by atoms with Crippen LogP contribution in [0.25, 0.3) is 0 Å². The topological polar surface area (TPSA) is 134 Å². The normalized spacial score (nSPS) is 17.8. The van der Waals surface area contributed by atoms with E-state index in [0.717, 1.165) is 4.90 Å². The van der Waals surface area contributed by atoms with Gasteiger partial charge in [-0.2, -0.15) is 4.31 Å². The zero-order valence-corrected chi connectivity index (χ0v) is 21.6. The van der Waals surface area contributed by atoms with E-state index < -0.39 is 40.0 Å². The van der Waals surface area contributed by atoms with Crippen LogP contribution in [0.5, 0.6) is 11.5 Å². The van der Waals surface area contributed by atoms with Gasteiger partial charge in [0.1, 0.15) is 12.1 Å². The molecule has 0 bridgehead atoms. The molecule has 36 heavy (non-hydrogen) atoms. The average Bonchev–Trinajstić information content (AvgIpc) is 3.08. The summed E-state index contributed by atoms with van der Waals surface area (Å²) >= 11 is 0. The highest BCUT2D eigenvalue weighted by Crippen LogP contribution is 2.35. The lowest BCUT2D eigenvalue weighted by Crippen LogP contribution is -2.42.